The summed E-state index contributed by atoms with van der Waals surface area (Å²) < 4.78 is 29.8. The smallest absolute Gasteiger partial charge is 0.321 e. The minimum absolute atomic E-state index is 0.0899. The molecule has 0 unspecified atom stereocenters. The SMILES string of the molecule is O=C(Nc1nnc2cnc(N3CCC[C@@H]3c3cc(F)ccc3F)cn12)N[C@@H]1CC[C@H](O)C1. The molecule has 1 aliphatic carbocycles. The first-order chi connectivity index (χ1) is 15.5. The van der Waals surface area contributed by atoms with Gasteiger partial charge in [-0.25, -0.2) is 18.6 Å². The van der Waals surface area contributed by atoms with Gasteiger partial charge in [-0.15, -0.1) is 10.2 Å². The maximum atomic E-state index is 14.4. The van der Waals surface area contributed by atoms with Gasteiger partial charge in [0.05, 0.1) is 24.5 Å². The number of aromatic nitrogens is 4. The molecular formula is C21H23F2N7O2. The van der Waals surface area contributed by atoms with Gasteiger partial charge in [-0.1, -0.05) is 0 Å². The largest absolute Gasteiger partial charge is 0.393 e. The molecule has 3 N–H and O–H groups in total. The molecule has 2 aliphatic rings. The Morgan fingerprint density at radius 2 is 2.06 bits per heavy atom. The van der Waals surface area contributed by atoms with E-state index in [4.69, 9.17) is 0 Å². The van der Waals surface area contributed by atoms with E-state index in [0.717, 1.165) is 25.0 Å². The summed E-state index contributed by atoms with van der Waals surface area (Å²) in [6.07, 6.45) is 6.20. The van der Waals surface area contributed by atoms with Crippen LogP contribution in [0.25, 0.3) is 5.65 Å². The van der Waals surface area contributed by atoms with Crippen LogP contribution >= 0.6 is 0 Å². The third-order valence-corrected chi connectivity index (χ3v) is 6.11. The number of aliphatic hydroxyl groups excluding tert-OH is 1. The summed E-state index contributed by atoms with van der Waals surface area (Å²) in [7, 11) is 0. The van der Waals surface area contributed by atoms with Crippen LogP contribution in [0.15, 0.2) is 30.6 Å². The highest BCUT2D eigenvalue weighted by Gasteiger charge is 2.30. The minimum Gasteiger partial charge on any atom is -0.393 e. The van der Waals surface area contributed by atoms with Crippen LogP contribution in [-0.2, 0) is 0 Å². The number of carbonyl (C=O) groups is 1. The molecule has 11 heteroatoms. The normalized spacial score (nSPS) is 23.1. The molecular weight excluding hydrogens is 420 g/mol. The van der Waals surface area contributed by atoms with Gasteiger partial charge in [0, 0.05) is 18.2 Å². The summed E-state index contributed by atoms with van der Waals surface area (Å²) in [6.45, 7) is 0.633. The highest BCUT2D eigenvalue weighted by atomic mass is 19.1. The number of nitrogens with one attached hydrogen (secondary N) is 2. The fourth-order valence-corrected chi connectivity index (χ4v) is 4.57. The molecule has 0 radical (unpaired) electrons. The van der Waals surface area contributed by atoms with E-state index in [2.05, 4.69) is 25.8 Å². The fraction of sp³-hybridized carbons (Fsp3) is 0.429. The molecule has 9 nitrogen and oxygen atoms in total. The minimum atomic E-state index is -0.484. The third kappa shape index (κ3) is 3.95. The molecule has 2 fully saturated rings. The van der Waals surface area contributed by atoms with Gasteiger partial charge in [-0.2, -0.15) is 0 Å². The Bertz CT molecular complexity index is 1150. The van der Waals surface area contributed by atoms with Gasteiger partial charge in [0.1, 0.15) is 17.5 Å². The second-order valence-corrected chi connectivity index (χ2v) is 8.28. The number of hydrogen-bond acceptors (Lipinski definition) is 6. The predicted molar refractivity (Wildman–Crippen MR) is 112 cm³/mol. The number of urea groups is 1. The predicted octanol–water partition coefficient (Wildman–Crippen LogP) is 2.78. The molecule has 1 aromatic carbocycles. The van der Waals surface area contributed by atoms with Gasteiger partial charge in [0.15, 0.2) is 5.65 Å². The van der Waals surface area contributed by atoms with Crippen molar-refractivity contribution in [2.75, 3.05) is 16.8 Å². The Balaban J connectivity index is 1.38. The standard InChI is InChI=1S/C21H23F2N7O2/c22-12-3-6-16(23)15(8-12)17-2-1-7-29(17)19-11-30-18(10-24-19)27-28-20(30)26-21(32)25-13-4-5-14(31)9-13/h3,6,8,10-11,13-14,17,31H,1-2,4-5,7,9H2,(H2,25,26,28,32)/t13-,14+,17-/m1/s1. The van der Waals surface area contributed by atoms with Crippen LogP contribution in [-0.4, -0.2) is 49.4 Å². The topological polar surface area (TPSA) is 108 Å². The number of aliphatic hydroxyl groups is 1. The van der Waals surface area contributed by atoms with Gasteiger partial charge in [0.2, 0.25) is 5.95 Å². The summed E-state index contributed by atoms with van der Waals surface area (Å²) in [6, 6.07) is 2.61. The molecule has 3 aromatic rings. The van der Waals surface area contributed by atoms with E-state index in [9.17, 15) is 18.7 Å². The van der Waals surface area contributed by atoms with Crippen molar-refractivity contribution in [2.24, 2.45) is 0 Å². The summed E-state index contributed by atoms with van der Waals surface area (Å²) >= 11 is 0. The molecule has 0 bridgehead atoms. The maximum absolute atomic E-state index is 14.4. The van der Waals surface area contributed by atoms with E-state index in [0.29, 0.717) is 42.8 Å². The van der Waals surface area contributed by atoms with Crippen LogP contribution in [0.5, 0.6) is 0 Å². The van der Waals surface area contributed by atoms with Gasteiger partial charge in [0.25, 0.3) is 0 Å². The molecule has 0 spiro atoms. The Kier molecular flexibility index (Phi) is 5.33. The second kappa shape index (κ2) is 8.30. The molecule has 5 rings (SSSR count). The molecule has 3 atom stereocenters. The van der Waals surface area contributed by atoms with Gasteiger partial charge in [-0.05, 0) is 50.3 Å². The van der Waals surface area contributed by atoms with Crippen molar-refractivity contribution >= 4 is 23.4 Å². The number of nitrogens with zero attached hydrogens (tertiary/aromatic N) is 5. The lowest BCUT2D eigenvalue weighted by Gasteiger charge is -2.26. The number of halogens is 2. The van der Waals surface area contributed by atoms with Crippen LogP contribution in [0, 0.1) is 11.6 Å². The van der Waals surface area contributed by atoms with Crippen LogP contribution in [0.2, 0.25) is 0 Å². The molecule has 2 amide bonds. The van der Waals surface area contributed by atoms with Crippen molar-refractivity contribution in [1.82, 2.24) is 24.9 Å². The first-order valence-corrected chi connectivity index (χ1v) is 10.7. The molecule has 1 aliphatic heterocycles. The zero-order valence-electron chi connectivity index (χ0n) is 17.2. The molecule has 2 aromatic heterocycles. The van der Waals surface area contributed by atoms with Crippen LogP contribution in [0.4, 0.5) is 25.3 Å². The van der Waals surface area contributed by atoms with Crippen molar-refractivity contribution in [3.8, 4) is 0 Å². The summed E-state index contributed by atoms with van der Waals surface area (Å²) in [5, 5.41) is 23.2. The van der Waals surface area contributed by atoms with Crippen molar-refractivity contribution in [2.45, 2.75) is 50.3 Å². The number of hydrogen-bond donors (Lipinski definition) is 3. The quantitative estimate of drug-likeness (QED) is 0.572. The number of fused-ring (bicyclic) bond motifs is 1. The molecule has 3 heterocycles. The van der Waals surface area contributed by atoms with Gasteiger partial charge >= 0.3 is 6.03 Å². The fourth-order valence-electron chi connectivity index (χ4n) is 4.57. The number of amides is 2. The summed E-state index contributed by atoms with van der Waals surface area (Å²) in [5.74, 6) is -0.175. The average Bonchev–Trinajstić information content (AvgIpc) is 3.50. The summed E-state index contributed by atoms with van der Waals surface area (Å²) in [5.41, 5.74) is 0.734. The van der Waals surface area contributed by atoms with Gasteiger partial charge in [-0.3, -0.25) is 9.72 Å². The van der Waals surface area contributed by atoms with Crippen molar-refractivity contribution < 1.29 is 18.7 Å². The van der Waals surface area contributed by atoms with E-state index >= 15 is 0 Å². The van der Waals surface area contributed by atoms with E-state index in [1.807, 2.05) is 4.90 Å². The molecule has 168 valence electrons. The van der Waals surface area contributed by atoms with E-state index in [1.54, 1.807) is 10.6 Å². The Labute approximate surface area is 182 Å². The lowest BCUT2D eigenvalue weighted by molar-refractivity contribution is 0.180. The van der Waals surface area contributed by atoms with E-state index in [-0.39, 0.29) is 24.1 Å². The van der Waals surface area contributed by atoms with E-state index < -0.39 is 17.7 Å². The van der Waals surface area contributed by atoms with Crippen LogP contribution in [0.1, 0.15) is 43.7 Å². The van der Waals surface area contributed by atoms with Crippen molar-refractivity contribution in [1.29, 1.82) is 0 Å². The summed E-state index contributed by atoms with van der Waals surface area (Å²) in [4.78, 5) is 18.7. The van der Waals surface area contributed by atoms with Gasteiger partial charge < -0.3 is 15.3 Å². The highest BCUT2D eigenvalue weighted by Crippen LogP contribution is 2.36. The Morgan fingerprint density at radius 3 is 2.88 bits per heavy atom. The molecule has 1 saturated heterocycles. The molecule has 1 saturated carbocycles. The average molecular weight is 443 g/mol. The maximum Gasteiger partial charge on any atom is 0.321 e. The molecule has 32 heavy (non-hydrogen) atoms. The zero-order valence-corrected chi connectivity index (χ0v) is 17.2. The lowest BCUT2D eigenvalue weighted by Crippen LogP contribution is -2.37. The third-order valence-electron chi connectivity index (χ3n) is 6.11. The Hall–Kier alpha value is -3.34. The van der Waals surface area contributed by atoms with E-state index in [1.165, 1.54) is 12.3 Å². The van der Waals surface area contributed by atoms with Crippen LogP contribution in [0.3, 0.4) is 0 Å². The number of rotatable bonds is 4. The lowest BCUT2D eigenvalue weighted by atomic mass is 10.0. The Morgan fingerprint density at radius 1 is 1.19 bits per heavy atom. The number of carbonyl (C=O) groups excluding carboxylic acids is 1. The first kappa shape index (κ1) is 20.6. The van der Waals surface area contributed by atoms with Crippen LogP contribution < -0.4 is 15.5 Å². The monoisotopic (exact) mass is 443 g/mol. The zero-order chi connectivity index (χ0) is 22.2. The van der Waals surface area contributed by atoms with Crippen molar-refractivity contribution in [3.63, 3.8) is 0 Å². The second-order valence-electron chi connectivity index (χ2n) is 8.28. The number of benzene rings is 1. The first-order valence-electron chi connectivity index (χ1n) is 10.7. The highest BCUT2D eigenvalue weighted by molar-refractivity contribution is 5.88. The van der Waals surface area contributed by atoms with Crippen molar-refractivity contribution in [3.05, 3.63) is 47.8 Å². The number of anilines is 2.